The van der Waals surface area contributed by atoms with Gasteiger partial charge in [-0.2, -0.15) is 0 Å². The monoisotopic (exact) mass is 425 g/mol. The molecule has 1 heterocycles. The molecule has 0 spiro atoms. The van der Waals surface area contributed by atoms with Gasteiger partial charge in [-0.25, -0.2) is 4.79 Å². The Hall–Kier alpha value is -3.22. The number of nitrogens with zero attached hydrogens (tertiary/aromatic N) is 1. The molecule has 0 saturated heterocycles. The Morgan fingerprint density at radius 1 is 1.10 bits per heavy atom. The van der Waals surface area contributed by atoms with Crippen molar-refractivity contribution in [2.45, 2.75) is 39.3 Å². The summed E-state index contributed by atoms with van der Waals surface area (Å²) in [6.45, 7) is 6.68. The zero-order valence-electron chi connectivity index (χ0n) is 18.8. The van der Waals surface area contributed by atoms with E-state index in [1.807, 2.05) is 45.0 Å². The quantitative estimate of drug-likeness (QED) is 0.743. The number of methoxy groups -OCH3 is 2. The Bertz CT molecular complexity index is 941. The van der Waals surface area contributed by atoms with Gasteiger partial charge in [0.15, 0.2) is 11.5 Å². The van der Waals surface area contributed by atoms with Crippen LogP contribution in [-0.2, 0) is 6.42 Å². The molecule has 0 aliphatic carbocycles. The molecule has 166 valence electrons. The topological polar surface area (TPSA) is 79.9 Å². The number of ether oxygens (including phenoxy) is 2. The SMILES string of the molecule is COc1cc2c(cc1OC)[C@@H](CNC(=O)c1ccc(C)cc1)N(C(=O)NC(C)C)CC2. The number of carbonyl (C=O) groups is 2. The number of aryl methyl sites for hydroxylation is 1. The first kappa shape index (κ1) is 22.5. The molecule has 7 heteroatoms. The third-order valence-corrected chi connectivity index (χ3v) is 5.45. The summed E-state index contributed by atoms with van der Waals surface area (Å²) in [5, 5.41) is 5.97. The van der Waals surface area contributed by atoms with Gasteiger partial charge in [-0.15, -0.1) is 0 Å². The van der Waals surface area contributed by atoms with Crippen molar-refractivity contribution in [3.8, 4) is 11.5 Å². The minimum absolute atomic E-state index is 0.0158. The molecule has 7 nitrogen and oxygen atoms in total. The molecule has 1 atom stereocenters. The fourth-order valence-electron chi connectivity index (χ4n) is 3.82. The maximum atomic E-state index is 12.9. The zero-order valence-corrected chi connectivity index (χ0v) is 18.8. The van der Waals surface area contributed by atoms with Gasteiger partial charge in [-0.1, -0.05) is 17.7 Å². The highest BCUT2D eigenvalue weighted by Crippen LogP contribution is 2.38. The van der Waals surface area contributed by atoms with E-state index in [0.29, 0.717) is 36.6 Å². The zero-order chi connectivity index (χ0) is 22.5. The molecule has 0 fully saturated rings. The van der Waals surface area contributed by atoms with E-state index in [9.17, 15) is 9.59 Å². The van der Waals surface area contributed by atoms with Crippen LogP contribution < -0.4 is 20.1 Å². The number of hydrogen-bond acceptors (Lipinski definition) is 4. The maximum absolute atomic E-state index is 12.9. The third kappa shape index (κ3) is 5.10. The molecule has 0 radical (unpaired) electrons. The van der Waals surface area contributed by atoms with Crippen molar-refractivity contribution in [3.63, 3.8) is 0 Å². The first-order valence-corrected chi connectivity index (χ1v) is 10.5. The molecule has 0 unspecified atom stereocenters. The highest BCUT2D eigenvalue weighted by molar-refractivity contribution is 5.94. The first-order chi connectivity index (χ1) is 14.8. The van der Waals surface area contributed by atoms with Gasteiger partial charge in [0, 0.05) is 24.7 Å². The van der Waals surface area contributed by atoms with Crippen LogP contribution >= 0.6 is 0 Å². The molecule has 2 aromatic carbocycles. The van der Waals surface area contributed by atoms with Gasteiger partial charge in [0.05, 0.1) is 20.3 Å². The lowest BCUT2D eigenvalue weighted by molar-refractivity contribution is 0.0934. The second-order valence-electron chi connectivity index (χ2n) is 8.05. The van der Waals surface area contributed by atoms with Gasteiger partial charge < -0.3 is 25.0 Å². The highest BCUT2D eigenvalue weighted by atomic mass is 16.5. The van der Waals surface area contributed by atoms with E-state index in [2.05, 4.69) is 10.6 Å². The maximum Gasteiger partial charge on any atom is 0.318 e. The Balaban J connectivity index is 1.90. The molecule has 2 aromatic rings. The minimum atomic E-state index is -0.322. The van der Waals surface area contributed by atoms with E-state index >= 15 is 0 Å². The van der Waals surface area contributed by atoms with Crippen LogP contribution in [0.15, 0.2) is 36.4 Å². The van der Waals surface area contributed by atoms with Gasteiger partial charge in [0.25, 0.3) is 5.91 Å². The number of carbonyl (C=O) groups excluding carboxylic acids is 2. The lowest BCUT2D eigenvalue weighted by atomic mass is 9.91. The van der Waals surface area contributed by atoms with E-state index in [4.69, 9.17) is 9.47 Å². The molecule has 1 aliphatic rings. The number of nitrogens with one attached hydrogen (secondary N) is 2. The fourth-order valence-corrected chi connectivity index (χ4v) is 3.82. The van der Waals surface area contributed by atoms with Crippen molar-refractivity contribution in [2.75, 3.05) is 27.3 Å². The molecule has 1 aliphatic heterocycles. The predicted molar refractivity (Wildman–Crippen MR) is 120 cm³/mol. The number of benzene rings is 2. The number of amides is 3. The number of fused-ring (bicyclic) bond motifs is 1. The van der Waals surface area contributed by atoms with Crippen molar-refractivity contribution < 1.29 is 19.1 Å². The second kappa shape index (κ2) is 9.73. The molecule has 31 heavy (non-hydrogen) atoms. The second-order valence-corrected chi connectivity index (χ2v) is 8.05. The molecular weight excluding hydrogens is 394 g/mol. The van der Waals surface area contributed by atoms with Crippen molar-refractivity contribution in [1.29, 1.82) is 0 Å². The molecule has 0 saturated carbocycles. The van der Waals surface area contributed by atoms with Crippen LogP contribution in [0.5, 0.6) is 11.5 Å². The summed E-state index contributed by atoms with van der Waals surface area (Å²) < 4.78 is 10.9. The Morgan fingerprint density at radius 2 is 1.74 bits per heavy atom. The van der Waals surface area contributed by atoms with Crippen molar-refractivity contribution in [3.05, 3.63) is 58.7 Å². The molecule has 0 bridgehead atoms. The van der Waals surface area contributed by atoms with Crippen molar-refractivity contribution >= 4 is 11.9 Å². The fraction of sp³-hybridized carbons (Fsp3) is 0.417. The lowest BCUT2D eigenvalue weighted by Gasteiger charge is -2.38. The highest BCUT2D eigenvalue weighted by Gasteiger charge is 2.32. The van der Waals surface area contributed by atoms with Gasteiger partial charge in [-0.3, -0.25) is 4.79 Å². The minimum Gasteiger partial charge on any atom is -0.493 e. The largest absolute Gasteiger partial charge is 0.493 e. The van der Waals surface area contributed by atoms with Gasteiger partial charge in [-0.05, 0) is 62.6 Å². The van der Waals surface area contributed by atoms with Crippen LogP contribution in [0.3, 0.4) is 0 Å². The Morgan fingerprint density at radius 3 is 2.35 bits per heavy atom. The van der Waals surface area contributed by atoms with Crippen molar-refractivity contribution in [1.82, 2.24) is 15.5 Å². The molecule has 3 rings (SSSR count). The number of hydrogen-bond donors (Lipinski definition) is 2. The van der Waals surface area contributed by atoms with E-state index in [1.165, 1.54) is 0 Å². The summed E-state index contributed by atoms with van der Waals surface area (Å²) in [6, 6.07) is 10.8. The lowest BCUT2D eigenvalue weighted by Crippen LogP contribution is -2.50. The van der Waals surface area contributed by atoms with Crippen molar-refractivity contribution in [2.24, 2.45) is 0 Å². The normalized spacial score (nSPS) is 15.3. The average Bonchev–Trinajstić information content (AvgIpc) is 2.75. The molecular formula is C24H31N3O4. The summed E-state index contributed by atoms with van der Waals surface area (Å²) >= 11 is 0. The molecule has 2 N–H and O–H groups in total. The van der Waals surface area contributed by atoms with Gasteiger partial charge in [0.2, 0.25) is 0 Å². The van der Waals surface area contributed by atoms with Gasteiger partial charge >= 0.3 is 6.03 Å². The third-order valence-electron chi connectivity index (χ3n) is 5.45. The standard InChI is InChI=1S/C24H31N3O4/c1-15(2)26-24(29)27-11-10-18-12-21(30-4)22(31-5)13-19(18)20(27)14-25-23(28)17-8-6-16(3)7-9-17/h6-9,12-13,15,20H,10-11,14H2,1-5H3,(H,25,28)(H,26,29)/t20-/m1/s1. The Kier molecular flexibility index (Phi) is 7.05. The summed E-state index contributed by atoms with van der Waals surface area (Å²) in [4.78, 5) is 27.4. The predicted octanol–water partition coefficient (Wildman–Crippen LogP) is 3.46. The van der Waals surface area contributed by atoms with Crippen LogP contribution in [-0.4, -0.2) is 50.2 Å². The van der Waals surface area contributed by atoms with E-state index in [-0.39, 0.29) is 24.0 Å². The van der Waals surface area contributed by atoms with E-state index < -0.39 is 0 Å². The Labute approximate surface area is 183 Å². The van der Waals surface area contributed by atoms with Crippen LogP contribution in [0.25, 0.3) is 0 Å². The molecule has 3 amide bonds. The number of rotatable bonds is 6. The van der Waals surface area contributed by atoms with Gasteiger partial charge in [0.1, 0.15) is 0 Å². The number of urea groups is 1. The summed E-state index contributed by atoms with van der Waals surface area (Å²) in [7, 11) is 3.19. The summed E-state index contributed by atoms with van der Waals surface area (Å²) in [6.07, 6.45) is 0.698. The first-order valence-electron chi connectivity index (χ1n) is 10.5. The van der Waals surface area contributed by atoms with Crippen LogP contribution in [0, 0.1) is 6.92 Å². The van der Waals surface area contributed by atoms with E-state index in [0.717, 1.165) is 16.7 Å². The summed E-state index contributed by atoms with van der Waals surface area (Å²) in [5.74, 6) is 1.09. The average molecular weight is 426 g/mol. The summed E-state index contributed by atoms with van der Waals surface area (Å²) in [5.41, 5.74) is 3.72. The van der Waals surface area contributed by atoms with Crippen LogP contribution in [0.2, 0.25) is 0 Å². The molecule has 0 aromatic heterocycles. The smallest absolute Gasteiger partial charge is 0.318 e. The van der Waals surface area contributed by atoms with Crippen LogP contribution in [0.1, 0.15) is 46.9 Å². The van der Waals surface area contributed by atoms with Crippen LogP contribution in [0.4, 0.5) is 4.79 Å². The van der Waals surface area contributed by atoms with E-state index in [1.54, 1.807) is 31.3 Å².